The van der Waals surface area contributed by atoms with Crippen LogP contribution in [0.4, 0.5) is 0 Å². The molecule has 0 aromatic heterocycles. The number of hydrogen-bond donors (Lipinski definition) is 0. The van der Waals surface area contributed by atoms with Crippen LogP contribution >= 0.6 is 0 Å². The number of rotatable bonds is 29. The molecule has 1 fully saturated rings. The first-order valence-electron chi connectivity index (χ1n) is 18.0. The molecule has 1 saturated heterocycles. The molecule has 0 aromatic carbocycles. The maximum Gasteiger partial charge on any atom is 0.305 e. The minimum absolute atomic E-state index is 0.124. The first kappa shape index (κ1) is 39.4. The van der Waals surface area contributed by atoms with Crippen LogP contribution in [0.2, 0.25) is 0 Å². The molecule has 8 nitrogen and oxygen atoms in total. The van der Waals surface area contributed by atoms with Crippen molar-refractivity contribution in [3.8, 4) is 0 Å². The second-order valence-electron chi connectivity index (χ2n) is 12.6. The van der Waals surface area contributed by atoms with E-state index in [9.17, 15) is 14.4 Å². The maximum absolute atomic E-state index is 13.3. The molecule has 2 amide bonds. The van der Waals surface area contributed by atoms with E-state index < -0.39 is 0 Å². The third-order valence-electron chi connectivity index (χ3n) is 8.90. The second kappa shape index (κ2) is 27.8. The zero-order valence-electron chi connectivity index (χ0n) is 28.5. The van der Waals surface area contributed by atoms with Crippen molar-refractivity contribution in [2.24, 2.45) is 0 Å². The first-order valence-corrected chi connectivity index (χ1v) is 18.0. The molecule has 0 radical (unpaired) electrons. The number of ether oxygens (including phenoxy) is 1. The van der Waals surface area contributed by atoms with Gasteiger partial charge in [-0.25, -0.2) is 0 Å². The number of esters is 1. The molecular weight excluding hydrogens is 540 g/mol. The summed E-state index contributed by atoms with van der Waals surface area (Å²) in [5.74, 6) is 0.0684. The van der Waals surface area contributed by atoms with Crippen molar-refractivity contribution in [1.82, 2.24) is 19.6 Å². The number of carbonyl (C=O) groups excluding carboxylic acids is 3. The molecule has 0 aromatic rings. The van der Waals surface area contributed by atoms with Gasteiger partial charge >= 0.3 is 5.97 Å². The highest BCUT2D eigenvalue weighted by molar-refractivity contribution is 5.78. The summed E-state index contributed by atoms with van der Waals surface area (Å²) in [7, 11) is 1.45. The van der Waals surface area contributed by atoms with Gasteiger partial charge in [0.15, 0.2) is 0 Å². The molecular formula is C35H68N4O4. The van der Waals surface area contributed by atoms with E-state index in [4.69, 9.17) is 4.74 Å². The van der Waals surface area contributed by atoms with Crippen LogP contribution in [0.15, 0.2) is 0 Å². The topological polar surface area (TPSA) is 73.4 Å². The molecule has 252 valence electrons. The van der Waals surface area contributed by atoms with Gasteiger partial charge in [0.2, 0.25) is 12.3 Å². The number of hydrogen-bond acceptors (Lipinski definition) is 6. The SMILES string of the molecule is CCCCCCCCCN(CCCCCCCC)CCN(CCCCCCCC(=O)OC)CC(=O)N1CCN(C=O)CC1. The van der Waals surface area contributed by atoms with Crippen LogP contribution < -0.4 is 0 Å². The van der Waals surface area contributed by atoms with Gasteiger partial charge < -0.3 is 19.4 Å². The van der Waals surface area contributed by atoms with E-state index >= 15 is 0 Å². The number of unbranched alkanes of at least 4 members (excludes halogenated alkanes) is 15. The van der Waals surface area contributed by atoms with E-state index in [0.717, 1.165) is 64.7 Å². The van der Waals surface area contributed by atoms with Gasteiger partial charge in [-0.15, -0.1) is 0 Å². The second-order valence-corrected chi connectivity index (χ2v) is 12.6. The van der Waals surface area contributed by atoms with Crippen molar-refractivity contribution in [3.05, 3.63) is 0 Å². The minimum atomic E-state index is -0.124. The predicted octanol–water partition coefficient (Wildman–Crippen LogP) is 6.52. The highest BCUT2D eigenvalue weighted by Crippen LogP contribution is 2.12. The smallest absolute Gasteiger partial charge is 0.305 e. The van der Waals surface area contributed by atoms with E-state index in [1.807, 2.05) is 4.90 Å². The summed E-state index contributed by atoms with van der Waals surface area (Å²) in [5.41, 5.74) is 0. The molecule has 8 heteroatoms. The van der Waals surface area contributed by atoms with Crippen LogP contribution in [-0.4, -0.2) is 110 Å². The molecule has 1 heterocycles. The number of nitrogens with zero attached hydrogens (tertiary/aromatic N) is 4. The Hall–Kier alpha value is -1.67. The van der Waals surface area contributed by atoms with E-state index in [1.54, 1.807) is 4.90 Å². The molecule has 1 rings (SSSR count). The van der Waals surface area contributed by atoms with Gasteiger partial charge in [-0.05, 0) is 45.3 Å². The maximum atomic E-state index is 13.3. The molecule has 0 N–H and O–H groups in total. The fourth-order valence-electron chi connectivity index (χ4n) is 5.90. The van der Waals surface area contributed by atoms with E-state index in [0.29, 0.717) is 39.1 Å². The summed E-state index contributed by atoms with van der Waals surface area (Å²) in [4.78, 5) is 44.4. The number of piperazine rings is 1. The summed E-state index contributed by atoms with van der Waals surface area (Å²) in [6, 6.07) is 0. The predicted molar refractivity (Wildman–Crippen MR) is 178 cm³/mol. The van der Waals surface area contributed by atoms with E-state index in [1.165, 1.54) is 97.1 Å². The average Bonchev–Trinajstić information content (AvgIpc) is 3.03. The fraction of sp³-hybridized carbons (Fsp3) is 0.914. The van der Waals surface area contributed by atoms with Crippen molar-refractivity contribution >= 4 is 18.3 Å². The Kier molecular flexibility index (Phi) is 25.5. The Morgan fingerprint density at radius 2 is 1.05 bits per heavy atom. The van der Waals surface area contributed by atoms with Crippen molar-refractivity contribution in [1.29, 1.82) is 0 Å². The number of amides is 2. The van der Waals surface area contributed by atoms with Crippen LogP contribution in [-0.2, 0) is 19.1 Å². The van der Waals surface area contributed by atoms with E-state index in [-0.39, 0.29) is 11.9 Å². The lowest BCUT2D eigenvalue weighted by Gasteiger charge is -2.34. The zero-order valence-corrected chi connectivity index (χ0v) is 28.5. The molecule has 0 atom stereocenters. The Bertz CT molecular complexity index is 685. The standard InChI is InChI=1S/C35H68N4O4/c1-4-6-8-10-12-16-20-24-36(23-19-15-11-9-7-5-2)26-27-37(25-21-17-13-14-18-22-35(42)43-3)32-34(41)39-30-28-38(33-40)29-31-39/h33H,4-32H2,1-3H3. The molecule has 0 spiro atoms. The monoisotopic (exact) mass is 609 g/mol. The van der Waals surface area contributed by atoms with Crippen LogP contribution in [0.25, 0.3) is 0 Å². The van der Waals surface area contributed by atoms with Crippen LogP contribution in [0.1, 0.15) is 136 Å². The lowest BCUT2D eigenvalue weighted by atomic mass is 10.1. The van der Waals surface area contributed by atoms with E-state index in [2.05, 4.69) is 23.6 Å². The number of methoxy groups -OCH3 is 1. The largest absolute Gasteiger partial charge is 0.469 e. The van der Waals surface area contributed by atoms with Crippen LogP contribution in [0, 0.1) is 0 Å². The Morgan fingerprint density at radius 1 is 0.605 bits per heavy atom. The average molecular weight is 609 g/mol. The van der Waals surface area contributed by atoms with Gasteiger partial charge in [-0.1, -0.05) is 104 Å². The minimum Gasteiger partial charge on any atom is -0.469 e. The third kappa shape index (κ3) is 21.6. The summed E-state index contributed by atoms with van der Waals surface area (Å²) >= 11 is 0. The Labute approximate surface area is 265 Å². The Morgan fingerprint density at radius 3 is 1.53 bits per heavy atom. The van der Waals surface area contributed by atoms with Crippen molar-refractivity contribution in [2.75, 3.05) is 72.6 Å². The van der Waals surface area contributed by atoms with Crippen molar-refractivity contribution < 1.29 is 19.1 Å². The summed E-state index contributed by atoms with van der Waals surface area (Å²) in [5, 5.41) is 0. The molecule has 0 bridgehead atoms. The molecule has 1 aliphatic rings. The van der Waals surface area contributed by atoms with Gasteiger partial charge in [0.25, 0.3) is 0 Å². The van der Waals surface area contributed by atoms with Gasteiger partial charge in [0.1, 0.15) is 0 Å². The van der Waals surface area contributed by atoms with Gasteiger partial charge in [-0.2, -0.15) is 0 Å². The molecule has 0 unspecified atom stereocenters. The van der Waals surface area contributed by atoms with Gasteiger partial charge in [0.05, 0.1) is 13.7 Å². The quantitative estimate of drug-likeness (QED) is 0.0547. The van der Waals surface area contributed by atoms with Crippen LogP contribution in [0.3, 0.4) is 0 Å². The molecule has 1 aliphatic heterocycles. The lowest BCUT2D eigenvalue weighted by Crippen LogP contribution is -2.51. The first-order chi connectivity index (χ1) is 21.0. The third-order valence-corrected chi connectivity index (χ3v) is 8.90. The highest BCUT2D eigenvalue weighted by atomic mass is 16.5. The lowest BCUT2D eigenvalue weighted by molar-refractivity contribution is -0.140. The fourth-order valence-corrected chi connectivity index (χ4v) is 5.90. The van der Waals surface area contributed by atoms with Crippen LogP contribution in [0.5, 0.6) is 0 Å². The molecule has 0 aliphatic carbocycles. The Balaban J connectivity index is 2.61. The summed E-state index contributed by atoms with van der Waals surface area (Å²) in [6.07, 6.45) is 23.9. The molecule has 43 heavy (non-hydrogen) atoms. The molecule has 0 saturated carbocycles. The normalized spacial score (nSPS) is 13.7. The van der Waals surface area contributed by atoms with Crippen molar-refractivity contribution in [3.63, 3.8) is 0 Å². The van der Waals surface area contributed by atoms with Crippen molar-refractivity contribution in [2.45, 2.75) is 136 Å². The zero-order chi connectivity index (χ0) is 31.4. The summed E-state index contributed by atoms with van der Waals surface area (Å²) < 4.78 is 4.75. The number of carbonyl (C=O) groups is 3. The van der Waals surface area contributed by atoms with Gasteiger partial charge in [-0.3, -0.25) is 19.3 Å². The summed E-state index contributed by atoms with van der Waals surface area (Å²) in [6.45, 7) is 12.7. The van der Waals surface area contributed by atoms with Gasteiger partial charge in [0, 0.05) is 45.7 Å². The highest BCUT2D eigenvalue weighted by Gasteiger charge is 2.22.